The third-order valence-electron chi connectivity index (χ3n) is 4.91. The van der Waals surface area contributed by atoms with Gasteiger partial charge in [-0.1, -0.05) is 0 Å². The first-order valence-electron chi connectivity index (χ1n) is 9.60. The molecule has 0 radical (unpaired) electrons. The van der Waals surface area contributed by atoms with Crippen LogP contribution in [0.3, 0.4) is 0 Å². The van der Waals surface area contributed by atoms with E-state index < -0.39 is 27.6 Å². The minimum absolute atomic E-state index is 0.0216. The average molecular weight is 478 g/mol. The molecule has 13 heteroatoms. The number of benzene rings is 1. The van der Waals surface area contributed by atoms with Crippen molar-refractivity contribution in [3.8, 4) is 5.82 Å². The van der Waals surface area contributed by atoms with E-state index in [-0.39, 0.29) is 16.6 Å². The summed E-state index contributed by atoms with van der Waals surface area (Å²) in [7, 11) is -2.35. The number of hydrogen-bond acceptors (Lipinski definition) is 7. The van der Waals surface area contributed by atoms with Crippen LogP contribution >= 0.6 is 0 Å². The molecule has 0 spiro atoms. The molecule has 0 saturated heterocycles. The normalized spacial score (nSPS) is 14.4. The van der Waals surface area contributed by atoms with E-state index in [9.17, 15) is 26.4 Å². The molecule has 4 rings (SSSR count). The first kappa shape index (κ1) is 22.6. The van der Waals surface area contributed by atoms with Crippen molar-refractivity contribution in [2.45, 2.75) is 23.9 Å². The summed E-state index contributed by atoms with van der Waals surface area (Å²) in [6.07, 6.45) is 0.966. The van der Waals surface area contributed by atoms with Crippen molar-refractivity contribution in [2.75, 3.05) is 12.4 Å². The second kappa shape index (κ2) is 8.41. The molecule has 0 bridgehead atoms. The SMILES string of the molecule is CNS(=O)(=O)c1ccc(Nc2ncc(C(F)(F)F)c(-n3cc(C4=CC(=O)CC4)cn3)n2)cc1. The fourth-order valence-electron chi connectivity index (χ4n) is 3.20. The van der Waals surface area contributed by atoms with Crippen LogP contribution in [0.15, 0.2) is 53.8 Å². The van der Waals surface area contributed by atoms with Crippen LogP contribution in [0.5, 0.6) is 0 Å². The van der Waals surface area contributed by atoms with E-state index in [1.165, 1.54) is 49.8 Å². The fourth-order valence-corrected chi connectivity index (χ4v) is 3.93. The Kier molecular flexibility index (Phi) is 5.76. The maximum Gasteiger partial charge on any atom is 0.421 e. The summed E-state index contributed by atoms with van der Waals surface area (Å²) in [5, 5.41) is 6.75. The van der Waals surface area contributed by atoms with Crippen molar-refractivity contribution < 1.29 is 26.4 Å². The zero-order chi connectivity index (χ0) is 23.8. The standard InChI is InChI=1S/C20H17F3N6O3S/c1-24-33(31,32)16-6-3-14(4-7-16)27-19-25-10-17(20(21,22)23)18(28-19)29-11-13(9-26-29)12-2-5-15(30)8-12/h3-4,6-11,24H,2,5H2,1H3,(H,25,27,28). The van der Waals surface area contributed by atoms with Crippen LogP contribution in [0.1, 0.15) is 24.0 Å². The average Bonchev–Trinajstić information content (AvgIpc) is 3.42. The molecule has 0 saturated carbocycles. The fraction of sp³-hybridized carbons (Fsp3) is 0.200. The summed E-state index contributed by atoms with van der Waals surface area (Å²) in [6, 6.07) is 5.52. The summed E-state index contributed by atoms with van der Waals surface area (Å²) >= 11 is 0. The topological polar surface area (TPSA) is 119 Å². The van der Waals surface area contributed by atoms with Crippen LogP contribution in [-0.2, 0) is 21.0 Å². The Balaban J connectivity index is 1.67. The second-order valence-electron chi connectivity index (χ2n) is 7.10. The van der Waals surface area contributed by atoms with Gasteiger partial charge in [0.25, 0.3) is 0 Å². The Bertz CT molecular complexity index is 1350. The minimum atomic E-state index is -4.73. The van der Waals surface area contributed by atoms with Crippen molar-refractivity contribution >= 4 is 33.0 Å². The van der Waals surface area contributed by atoms with Gasteiger partial charge in [-0.05, 0) is 49.4 Å². The lowest BCUT2D eigenvalue weighted by atomic mass is 10.1. The Morgan fingerprint density at radius 2 is 1.82 bits per heavy atom. The van der Waals surface area contributed by atoms with Gasteiger partial charge in [0.2, 0.25) is 16.0 Å². The van der Waals surface area contributed by atoms with Crippen molar-refractivity contribution in [1.29, 1.82) is 0 Å². The number of nitrogens with one attached hydrogen (secondary N) is 2. The summed E-state index contributed by atoms with van der Waals surface area (Å²) in [4.78, 5) is 19.2. The molecule has 172 valence electrons. The zero-order valence-corrected chi connectivity index (χ0v) is 17.9. The first-order chi connectivity index (χ1) is 15.6. The number of rotatable bonds is 6. The van der Waals surface area contributed by atoms with Crippen LogP contribution in [0.2, 0.25) is 0 Å². The number of anilines is 2. The van der Waals surface area contributed by atoms with Gasteiger partial charge >= 0.3 is 6.18 Å². The number of hydrogen-bond donors (Lipinski definition) is 2. The molecule has 33 heavy (non-hydrogen) atoms. The predicted octanol–water partition coefficient (Wildman–Crippen LogP) is 3.08. The lowest BCUT2D eigenvalue weighted by Crippen LogP contribution is -2.18. The quantitative estimate of drug-likeness (QED) is 0.559. The molecule has 0 amide bonds. The van der Waals surface area contributed by atoms with Gasteiger partial charge in [-0.3, -0.25) is 4.79 Å². The maximum absolute atomic E-state index is 13.6. The van der Waals surface area contributed by atoms with Gasteiger partial charge in [-0.15, -0.1) is 0 Å². The molecular weight excluding hydrogens is 461 g/mol. The van der Waals surface area contributed by atoms with Crippen LogP contribution in [0, 0.1) is 0 Å². The number of carbonyl (C=O) groups excluding carboxylic acids is 1. The lowest BCUT2D eigenvalue weighted by Gasteiger charge is -2.13. The van der Waals surface area contributed by atoms with Gasteiger partial charge in [-0.25, -0.2) is 22.8 Å². The van der Waals surface area contributed by atoms with Crippen LogP contribution in [0.4, 0.5) is 24.8 Å². The third-order valence-corrected chi connectivity index (χ3v) is 6.34. The number of sulfonamides is 1. The van der Waals surface area contributed by atoms with E-state index in [1.807, 2.05) is 0 Å². The maximum atomic E-state index is 13.6. The van der Waals surface area contributed by atoms with Crippen molar-refractivity contribution in [1.82, 2.24) is 24.5 Å². The number of carbonyl (C=O) groups is 1. The van der Waals surface area contributed by atoms with Crippen LogP contribution in [0.25, 0.3) is 11.4 Å². The summed E-state index contributed by atoms with van der Waals surface area (Å²) in [6.45, 7) is 0. The molecule has 2 N–H and O–H groups in total. The highest BCUT2D eigenvalue weighted by Gasteiger charge is 2.36. The highest BCUT2D eigenvalue weighted by molar-refractivity contribution is 7.89. The highest BCUT2D eigenvalue weighted by Crippen LogP contribution is 2.34. The Labute approximate surface area is 186 Å². The molecule has 2 heterocycles. The van der Waals surface area contributed by atoms with E-state index in [0.717, 1.165) is 4.68 Å². The summed E-state index contributed by atoms with van der Waals surface area (Å²) < 4.78 is 67.6. The van der Waals surface area contributed by atoms with E-state index in [2.05, 4.69) is 25.1 Å². The molecule has 0 unspecified atom stereocenters. The lowest BCUT2D eigenvalue weighted by molar-refractivity contribution is -0.138. The molecule has 0 aliphatic heterocycles. The minimum Gasteiger partial charge on any atom is -0.324 e. The number of alkyl halides is 3. The smallest absolute Gasteiger partial charge is 0.324 e. The number of nitrogens with zero attached hydrogens (tertiary/aromatic N) is 4. The molecule has 1 aromatic carbocycles. The van der Waals surface area contributed by atoms with E-state index in [1.54, 1.807) is 0 Å². The van der Waals surface area contributed by atoms with E-state index >= 15 is 0 Å². The number of halogens is 3. The van der Waals surface area contributed by atoms with Gasteiger partial charge in [0, 0.05) is 30.1 Å². The van der Waals surface area contributed by atoms with Gasteiger partial charge in [0.15, 0.2) is 11.6 Å². The molecule has 1 aliphatic rings. The van der Waals surface area contributed by atoms with Gasteiger partial charge in [0.05, 0.1) is 11.1 Å². The number of allylic oxidation sites excluding steroid dienone is 2. The largest absolute Gasteiger partial charge is 0.421 e. The summed E-state index contributed by atoms with van der Waals surface area (Å²) in [5.41, 5.74) is 0.508. The molecule has 0 fully saturated rings. The van der Waals surface area contributed by atoms with E-state index in [0.29, 0.717) is 35.9 Å². The molecule has 0 atom stereocenters. The first-order valence-corrected chi connectivity index (χ1v) is 11.1. The Hall–Kier alpha value is -3.58. The van der Waals surface area contributed by atoms with Crippen LogP contribution < -0.4 is 10.0 Å². The van der Waals surface area contributed by atoms with Crippen molar-refractivity contribution in [3.63, 3.8) is 0 Å². The van der Waals surface area contributed by atoms with Crippen LogP contribution in [-0.4, -0.2) is 41.0 Å². The third kappa shape index (κ3) is 4.78. The summed E-state index contributed by atoms with van der Waals surface area (Å²) in [5.74, 6) is -0.684. The van der Waals surface area contributed by atoms with Crippen molar-refractivity contribution in [3.05, 3.63) is 60.1 Å². The Morgan fingerprint density at radius 1 is 1.09 bits per heavy atom. The van der Waals surface area contributed by atoms with E-state index in [4.69, 9.17) is 0 Å². The van der Waals surface area contributed by atoms with Crippen molar-refractivity contribution in [2.24, 2.45) is 0 Å². The predicted molar refractivity (Wildman–Crippen MR) is 112 cm³/mol. The highest BCUT2D eigenvalue weighted by atomic mass is 32.2. The van der Waals surface area contributed by atoms with Gasteiger partial charge in [0.1, 0.15) is 5.56 Å². The molecule has 2 aromatic heterocycles. The number of ketones is 1. The molecule has 1 aliphatic carbocycles. The zero-order valence-electron chi connectivity index (χ0n) is 17.1. The molecular formula is C20H17F3N6O3S. The van der Waals surface area contributed by atoms with Gasteiger partial charge in [-0.2, -0.15) is 23.3 Å². The monoisotopic (exact) mass is 478 g/mol. The Morgan fingerprint density at radius 3 is 2.42 bits per heavy atom. The molecule has 3 aromatic rings. The molecule has 9 nitrogen and oxygen atoms in total. The number of aromatic nitrogens is 4. The van der Waals surface area contributed by atoms with Gasteiger partial charge < -0.3 is 5.32 Å². The second-order valence-corrected chi connectivity index (χ2v) is 8.98.